The molecular weight excluding hydrogens is 146 g/mol. The Bertz CT molecular complexity index is 155. The molecule has 0 spiro atoms. The first-order chi connectivity index (χ1) is 5.86. The lowest BCUT2D eigenvalue weighted by Crippen LogP contribution is -2.33. The highest BCUT2D eigenvalue weighted by Gasteiger charge is 2.19. The molecule has 1 nitrogen and oxygen atoms in total. The van der Waals surface area contributed by atoms with Crippen LogP contribution in [-0.4, -0.2) is 12.6 Å². The summed E-state index contributed by atoms with van der Waals surface area (Å²) in [5.41, 5.74) is 0. The maximum Gasteiger partial charge on any atom is 0.0115 e. The molecule has 68 valence electrons. The highest BCUT2D eigenvalue weighted by atomic mass is 14.9. The Hall–Kier alpha value is -0.480. The first kappa shape index (κ1) is 9.61. The zero-order chi connectivity index (χ0) is 8.81. The summed E-state index contributed by atoms with van der Waals surface area (Å²) in [6.07, 6.45) is 11.6. The van der Waals surface area contributed by atoms with Gasteiger partial charge in [-0.2, -0.15) is 0 Å². The van der Waals surface area contributed by atoms with E-state index in [0.29, 0.717) is 0 Å². The minimum absolute atomic E-state index is 0.738. The van der Waals surface area contributed by atoms with Gasteiger partial charge in [0.05, 0.1) is 0 Å². The summed E-state index contributed by atoms with van der Waals surface area (Å²) in [6, 6.07) is 0.738. The van der Waals surface area contributed by atoms with Crippen LogP contribution in [-0.2, 0) is 0 Å². The second-order valence-corrected chi connectivity index (χ2v) is 3.70. The van der Waals surface area contributed by atoms with Crippen LogP contribution in [0.3, 0.4) is 0 Å². The maximum atomic E-state index is 5.31. The Morgan fingerprint density at radius 1 is 1.50 bits per heavy atom. The van der Waals surface area contributed by atoms with Crippen LogP contribution in [0.1, 0.15) is 39.0 Å². The van der Waals surface area contributed by atoms with Gasteiger partial charge in [0.15, 0.2) is 0 Å². The van der Waals surface area contributed by atoms with Gasteiger partial charge in [0.1, 0.15) is 0 Å². The van der Waals surface area contributed by atoms with Gasteiger partial charge in [-0.3, -0.25) is 0 Å². The molecule has 1 N–H and O–H groups in total. The van der Waals surface area contributed by atoms with Crippen LogP contribution < -0.4 is 5.32 Å². The molecule has 2 unspecified atom stereocenters. The molecule has 0 aromatic carbocycles. The molecule has 0 radical (unpaired) electrons. The van der Waals surface area contributed by atoms with E-state index in [4.69, 9.17) is 6.42 Å². The highest BCUT2D eigenvalue weighted by Crippen LogP contribution is 2.26. The Labute approximate surface area is 75.9 Å². The topological polar surface area (TPSA) is 12.0 Å². The second-order valence-electron chi connectivity index (χ2n) is 3.70. The van der Waals surface area contributed by atoms with Gasteiger partial charge in [0, 0.05) is 12.5 Å². The summed E-state index contributed by atoms with van der Waals surface area (Å²) in [4.78, 5) is 0. The third kappa shape index (κ3) is 2.87. The Kier molecular flexibility index (Phi) is 4.18. The van der Waals surface area contributed by atoms with Crippen LogP contribution in [0.2, 0.25) is 0 Å². The van der Waals surface area contributed by atoms with Crippen molar-refractivity contribution in [2.24, 2.45) is 5.92 Å². The summed E-state index contributed by atoms with van der Waals surface area (Å²) in [5.74, 6) is 3.56. The van der Waals surface area contributed by atoms with E-state index < -0.39 is 0 Å². The number of terminal acetylenes is 1. The van der Waals surface area contributed by atoms with E-state index in [1.54, 1.807) is 0 Å². The third-order valence-electron chi connectivity index (χ3n) is 2.68. The maximum absolute atomic E-state index is 5.31. The van der Waals surface area contributed by atoms with E-state index in [9.17, 15) is 0 Å². The summed E-state index contributed by atoms with van der Waals surface area (Å²) < 4.78 is 0. The van der Waals surface area contributed by atoms with Gasteiger partial charge in [-0.25, -0.2) is 0 Å². The van der Waals surface area contributed by atoms with E-state index in [1.165, 1.54) is 25.7 Å². The van der Waals surface area contributed by atoms with E-state index in [0.717, 1.165) is 24.9 Å². The van der Waals surface area contributed by atoms with Crippen molar-refractivity contribution in [1.29, 1.82) is 0 Å². The fourth-order valence-corrected chi connectivity index (χ4v) is 2.12. The molecule has 0 saturated heterocycles. The zero-order valence-corrected chi connectivity index (χ0v) is 7.97. The molecule has 1 heteroatoms. The predicted octanol–water partition coefficient (Wildman–Crippen LogP) is 2.18. The van der Waals surface area contributed by atoms with Gasteiger partial charge in [0.25, 0.3) is 0 Å². The van der Waals surface area contributed by atoms with Gasteiger partial charge in [-0.15, -0.1) is 12.3 Å². The number of hydrogen-bond acceptors (Lipinski definition) is 1. The molecule has 1 rings (SSSR count). The van der Waals surface area contributed by atoms with Crippen molar-refractivity contribution < 1.29 is 0 Å². The predicted molar refractivity (Wildman–Crippen MR) is 52.9 cm³/mol. The fraction of sp³-hybridized carbons (Fsp3) is 0.818. The lowest BCUT2D eigenvalue weighted by Gasteiger charge is -2.28. The van der Waals surface area contributed by atoms with Gasteiger partial charge in [-0.1, -0.05) is 13.3 Å². The van der Waals surface area contributed by atoms with E-state index in [-0.39, 0.29) is 0 Å². The molecule has 0 aliphatic heterocycles. The monoisotopic (exact) mass is 165 g/mol. The van der Waals surface area contributed by atoms with Crippen molar-refractivity contribution >= 4 is 0 Å². The highest BCUT2D eigenvalue weighted by molar-refractivity contribution is 4.90. The van der Waals surface area contributed by atoms with Crippen molar-refractivity contribution in [2.45, 2.75) is 45.1 Å². The Morgan fingerprint density at radius 3 is 3.00 bits per heavy atom. The molecule has 0 bridgehead atoms. The zero-order valence-electron chi connectivity index (χ0n) is 7.97. The van der Waals surface area contributed by atoms with E-state index in [2.05, 4.69) is 18.2 Å². The minimum Gasteiger partial charge on any atom is -0.314 e. The van der Waals surface area contributed by atoms with E-state index >= 15 is 0 Å². The Balaban J connectivity index is 2.26. The average molecular weight is 165 g/mol. The summed E-state index contributed by atoms with van der Waals surface area (Å²) in [5, 5.41) is 3.50. The van der Waals surface area contributed by atoms with Crippen LogP contribution in [0.15, 0.2) is 0 Å². The molecule has 1 aliphatic rings. The SMILES string of the molecule is C#CCC1CCCC(NCC)C1. The summed E-state index contributed by atoms with van der Waals surface area (Å²) in [7, 11) is 0. The normalized spacial score (nSPS) is 29.7. The number of rotatable bonds is 3. The van der Waals surface area contributed by atoms with Crippen molar-refractivity contribution in [3.8, 4) is 12.3 Å². The molecule has 1 fully saturated rings. The van der Waals surface area contributed by atoms with Gasteiger partial charge < -0.3 is 5.32 Å². The van der Waals surface area contributed by atoms with Crippen molar-refractivity contribution in [1.82, 2.24) is 5.32 Å². The van der Waals surface area contributed by atoms with E-state index in [1.807, 2.05) is 0 Å². The van der Waals surface area contributed by atoms with Crippen LogP contribution in [0.25, 0.3) is 0 Å². The standard InChI is InChI=1S/C11H19N/c1-3-6-10-7-5-8-11(9-10)12-4-2/h1,10-12H,4-9H2,2H3. The largest absolute Gasteiger partial charge is 0.314 e. The van der Waals surface area contributed by atoms with Crippen LogP contribution >= 0.6 is 0 Å². The van der Waals surface area contributed by atoms with Crippen molar-refractivity contribution in [3.63, 3.8) is 0 Å². The quantitative estimate of drug-likeness (QED) is 0.632. The van der Waals surface area contributed by atoms with Crippen LogP contribution in [0.5, 0.6) is 0 Å². The first-order valence-electron chi connectivity index (χ1n) is 5.03. The number of hydrogen-bond donors (Lipinski definition) is 1. The number of nitrogens with one attached hydrogen (secondary N) is 1. The summed E-state index contributed by atoms with van der Waals surface area (Å²) in [6.45, 7) is 3.26. The molecule has 1 aliphatic carbocycles. The molecule has 12 heavy (non-hydrogen) atoms. The molecule has 1 saturated carbocycles. The van der Waals surface area contributed by atoms with Crippen LogP contribution in [0, 0.1) is 18.3 Å². The second kappa shape index (κ2) is 5.22. The smallest absolute Gasteiger partial charge is 0.0115 e. The van der Waals surface area contributed by atoms with Crippen LogP contribution in [0.4, 0.5) is 0 Å². The molecule has 0 aromatic heterocycles. The van der Waals surface area contributed by atoms with Crippen molar-refractivity contribution in [3.05, 3.63) is 0 Å². The van der Waals surface area contributed by atoms with Gasteiger partial charge in [-0.05, 0) is 31.7 Å². The Morgan fingerprint density at radius 2 is 2.33 bits per heavy atom. The first-order valence-corrected chi connectivity index (χ1v) is 5.03. The van der Waals surface area contributed by atoms with Gasteiger partial charge >= 0.3 is 0 Å². The van der Waals surface area contributed by atoms with Gasteiger partial charge in [0.2, 0.25) is 0 Å². The molecular formula is C11H19N. The minimum atomic E-state index is 0.738. The molecule has 0 amide bonds. The lowest BCUT2D eigenvalue weighted by atomic mass is 9.84. The lowest BCUT2D eigenvalue weighted by molar-refractivity contribution is 0.292. The fourth-order valence-electron chi connectivity index (χ4n) is 2.12. The molecule has 0 heterocycles. The summed E-state index contributed by atoms with van der Waals surface area (Å²) >= 11 is 0. The molecule has 0 aromatic rings. The average Bonchev–Trinajstić information content (AvgIpc) is 2.06. The van der Waals surface area contributed by atoms with Crippen molar-refractivity contribution in [2.75, 3.05) is 6.54 Å². The molecule has 2 atom stereocenters. The third-order valence-corrected chi connectivity index (χ3v) is 2.68.